The van der Waals surface area contributed by atoms with E-state index in [0.717, 1.165) is 5.69 Å². The van der Waals surface area contributed by atoms with Crippen LogP contribution in [0.25, 0.3) is 5.82 Å². The van der Waals surface area contributed by atoms with E-state index in [1.54, 1.807) is 25.1 Å². The first-order valence-electron chi connectivity index (χ1n) is 4.56. The van der Waals surface area contributed by atoms with Gasteiger partial charge in [-0.05, 0) is 19.1 Å². The van der Waals surface area contributed by atoms with Crippen LogP contribution in [0.15, 0.2) is 29.1 Å². The Morgan fingerprint density at radius 3 is 2.93 bits per heavy atom. The number of aliphatic hydroxyl groups excluding tert-OH is 1. The average molecular weight is 205 g/mol. The Morgan fingerprint density at radius 2 is 2.33 bits per heavy atom. The zero-order valence-electron chi connectivity index (χ0n) is 8.27. The Hall–Kier alpha value is -1.88. The van der Waals surface area contributed by atoms with Gasteiger partial charge in [0.05, 0.1) is 12.3 Å². The lowest BCUT2D eigenvalue weighted by molar-refractivity contribution is 0.276. The molecule has 2 N–H and O–H groups in total. The molecule has 0 saturated heterocycles. The maximum absolute atomic E-state index is 11.5. The van der Waals surface area contributed by atoms with E-state index in [1.165, 1.54) is 10.7 Å². The minimum atomic E-state index is -0.157. The summed E-state index contributed by atoms with van der Waals surface area (Å²) >= 11 is 0. The van der Waals surface area contributed by atoms with Gasteiger partial charge in [-0.25, -0.2) is 9.67 Å². The number of nitrogens with one attached hydrogen (secondary N) is 1. The summed E-state index contributed by atoms with van der Waals surface area (Å²) in [6.07, 6.45) is 0. The van der Waals surface area contributed by atoms with Gasteiger partial charge in [0.25, 0.3) is 5.56 Å². The van der Waals surface area contributed by atoms with Crippen molar-refractivity contribution in [1.29, 1.82) is 0 Å². The fourth-order valence-electron chi connectivity index (χ4n) is 1.36. The Bertz CT molecular complexity index is 527. The van der Waals surface area contributed by atoms with Crippen molar-refractivity contribution >= 4 is 0 Å². The molecule has 0 bridgehead atoms. The molecule has 2 rings (SSSR count). The van der Waals surface area contributed by atoms with Crippen LogP contribution in [-0.4, -0.2) is 19.9 Å². The molecule has 78 valence electrons. The van der Waals surface area contributed by atoms with Crippen LogP contribution in [0.4, 0.5) is 0 Å². The van der Waals surface area contributed by atoms with Crippen LogP contribution in [-0.2, 0) is 6.61 Å². The fraction of sp³-hybridized carbons (Fsp3) is 0.200. The highest BCUT2D eigenvalue weighted by Crippen LogP contribution is 2.02. The zero-order chi connectivity index (χ0) is 10.8. The van der Waals surface area contributed by atoms with Crippen molar-refractivity contribution in [3.8, 4) is 5.82 Å². The van der Waals surface area contributed by atoms with Crippen molar-refractivity contribution in [2.45, 2.75) is 13.5 Å². The van der Waals surface area contributed by atoms with E-state index in [1.807, 2.05) is 0 Å². The first-order chi connectivity index (χ1) is 7.20. The third-order valence-electron chi connectivity index (χ3n) is 2.03. The van der Waals surface area contributed by atoms with E-state index in [9.17, 15) is 4.79 Å². The first kappa shape index (κ1) is 9.67. The van der Waals surface area contributed by atoms with E-state index in [0.29, 0.717) is 11.5 Å². The molecule has 2 aromatic rings. The number of aliphatic hydroxyl groups is 1. The third-order valence-corrected chi connectivity index (χ3v) is 2.03. The number of rotatable bonds is 2. The number of pyridine rings is 1. The van der Waals surface area contributed by atoms with Gasteiger partial charge < -0.3 is 5.11 Å². The molecule has 2 heterocycles. The van der Waals surface area contributed by atoms with Crippen LogP contribution in [0.2, 0.25) is 0 Å². The van der Waals surface area contributed by atoms with E-state index in [2.05, 4.69) is 10.1 Å². The lowest BCUT2D eigenvalue weighted by Gasteiger charge is -2.02. The zero-order valence-corrected chi connectivity index (χ0v) is 8.27. The van der Waals surface area contributed by atoms with Crippen LogP contribution in [0.1, 0.15) is 11.4 Å². The molecule has 2 aromatic heterocycles. The number of nitrogens with zero attached hydrogens (tertiary/aromatic N) is 2. The summed E-state index contributed by atoms with van der Waals surface area (Å²) in [7, 11) is 0. The molecule has 5 nitrogen and oxygen atoms in total. The molecular formula is C10H11N3O2. The molecule has 0 aliphatic heterocycles. The molecule has 0 aromatic carbocycles. The first-order valence-corrected chi connectivity index (χ1v) is 4.56. The minimum Gasteiger partial charge on any atom is -0.390 e. The minimum absolute atomic E-state index is 0.137. The van der Waals surface area contributed by atoms with Gasteiger partial charge in [-0.1, -0.05) is 6.07 Å². The molecule has 0 unspecified atom stereocenters. The van der Waals surface area contributed by atoms with Gasteiger partial charge in [-0.2, -0.15) is 0 Å². The number of hydrogen-bond acceptors (Lipinski definition) is 3. The predicted molar refractivity (Wildman–Crippen MR) is 54.8 cm³/mol. The van der Waals surface area contributed by atoms with Crippen LogP contribution in [0.3, 0.4) is 0 Å². The Balaban J connectivity index is 2.53. The van der Waals surface area contributed by atoms with Gasteiger partial charge >= 0.3 is 0 Å². The maximum atomic E-state index is 11.5. The molecule has 0 amide bonds. The predicted octanol–water partition coefficient (Wildman–Crippen LogP) is 0.361. The van der Waals surface area contributed by atoms with E-state index in [4.69, 9.17) is 5.11 Å². The van der Waals surface area contributed by atoms with Crippen LogP contribution >= 0.6 is 0 Å². The summed E-state index contributed by atoms with van der Waals surface area (Å²) in [5, 5.41) is 11.8. The van der Waals surface area contributed by atoms with Crippen LogP contribution in [0, 0.1) is 6.92 Å². The molecule has 5 heteroatoms. The molecule has 0 spiro atoms. The molecule has 0 saturated carbocycles. The largest absolute Gasteiger partial charge is 0.390 e. The number of aryl methyl sites for hydroxylation is 1. The Labute approximate surface area is 86.0 Å². The number of aromatic amines is 1. The molecule has 15 heavy (non-hydrogen) atoms. The van der Waals surface area contributed by atoms with Crippen LogP contribution in [0.5, 0.6) is 0 Å². The second-order valence-electron chi connectivity index (χ2n) is 3.26. The van der Waals surface area contributed by atoms with Crippen molar-refractivity contribution < 1.29 is 5.11 Å². The molecular weight excluding hydrogens is 194 g/mol. The van der Waals surface area contributed by atoms with Gasteiger partial charge in [0.1, 0.15) is 0 Å². The van der Waals surface area contributed by atoms with Crippen LogP contribution < -0.4 is 5.56 Å². The Morgan fingerprint density at radius 1 is 1.53 bits per heavy atom. The summed E-state index contributed by atoms with van der Waals surface area (Å²) < 4.78 is 1.34. The number of hydrogen-bond donors (Lipinski definition) is 2. The molecule has 0 fully saturated rings. The number of H-pyrrole nitrogens is 1. The van der Waals surface area contributed by atoms with Crippen molar-refractivity contribution in [1.82, 2.24) is 14.8 Å². The Kier molecular flexibility index (Phi) is 2.39. The van der Waals surface area contributed by atoms with Crippen molar-refractivity contribution in [2.75, 3.05) is 0 Å². The molecule has 0 radical (unpaired) electrons. The lowest BCUT2D eigenvalue weighted by atomic mass is 10.3. The summed E-state index contributed by atoms with van der Waals surface area (Å²) in [6, 6.07) is 6.64. The maximum Gasteiger partial charge on any atom is 0.272 e. The van der Waals surface area contributed by atoms with E-state index in [-0.39, 0.29) is 12.2 Å². The van der Waals surface area contributed by atoms with Crippen molar-refractivity contribution in [2.24, 2.45) is 0 Å². The SMILES string of the molecule is Cc1cc(=O)n(-c2cccc(CO)n2)[nH]1. The lowest BCUT2D eigenvalue weighted by Crippen LogP contribution is -2.15. The fourth-order valence-corrected chi connectivity index (χ4v) is 1.36. The molecule has 0 atom stereocenters. The van der Waals surface area contributed by atoms with E-state index < -0.39 is 0 Å². The second kappa shape index (κ2) is 3.70. The molecule has 0 aliphatic rings. The van der Waals surface area contributed by atoms with Gasteiger partial charge in [0, 0.05) is 11.8 Å². The topological polar surface area (TPSA) is 70.9 Å². The smallest absolute Gasteiger partial charge is 0.272 e. The van der Waals surface area contributed by atoms with Crippen molar-refractivity contribution in [3.05, 3.63) is 46.0 Å². The second-order valence-corrected chi connectivity index (χ2v) is 3.26. The normalized spacial score (nSPS) is 10.5. The van der Waals surface area contributed by atoms with Gasteiger partial charge in [-0.3, -0.25) is 9.89 Å². The highest BCUT2D eigenvalue weighted by molar-refractivity contribution is 5.24. The third kappa shape index (κ3) is 1.82. The molecule has 0 aliphatic carbocycles. The highest BCUT2D eigenvalue weighted by atomic mass is 16.3. The summed E-state index contributed by atoms with van der Waals surface area (Å²) in [4.78, 5) is 15.6. The standard InChI is InChI=1S/C10H11N3O2/c1-7-5-10(15)13(12-7)9-4-2-3-8(6-14)11-9/h2-5,12,14H,6H2,1H3. The highest BCUT2D eigenvalue weighted by Gasteiger charge is 2.03. The summed E-state index contributed by atoms with van der Waals surface area (Å²) in [5.74, 6) is 0.486. The quantitative estimate of drug-likeness (QED) is 0.743. The van der Waals surface area contributed by atoms with Gasteiger partial charge in [0.15, 0.2) is 5.82 Å². The number of aromatic nitrogens is 3. The average Bonchev–Trinajstić information content (AvgIpc) is 2.58. The van der Waals surface area contributed by atoms with Gasteiger partial charge in [0.2, 0.25) is 0 Å². The summed E-state index contributed by atoms with van der Waals surface area (Å²) in [5.41, 5.74) is 1.15. The summed E-state index contributed by atoms with van der Waals surface area (Å²) in [6.45, 7) is 1.66. The van der Waals surface area contributed by atoms with E-state index >= 15 is 0 Å². The van der Waals surface area contributed by atoms with Crippen molar-refractivity contribution in [3.63, 3.8) is 0 Å². The monoisotopic (exact) mass is 205 g/mol. The van der Waals surface area contributed by atoms with Gasteiger partial charge in [-0.15, -0.1) is 0 Å².